The Balaban J connectivity index is 1.40. The molecule has 1 fully saturated rings. The zero-order chi connectivity index (χ0) is 21.9. The van der Waals surface area contributed by atoms with Gasteiger partial charge in [0.2, 0.25) is 0 Å². The van der Waals surface area contributed by atoms with E-state index in [0.29, 0.717) is 23.9 Å². The number of nitrogens with zero attached hydrogens (tertiary/aromatic N) is 3. The third-order valence-corrected chi connectivity index (χ3v) is 6.04. The number of aromatic amines is 1. The maximum absolute atomic E-state index is 13.6. The fraction of sp³-hybridized carbons (Fsp3) is 0.269. The van der Waals surface area contributed by atoms with Crippen LogP contribution >= 0.6 is 0 Å². The third kappa shape index (κ3) is 4.21. The van der Waals surface area contributed by atoms with Crippen molar-refractivity contribution in [3.63, 3.8) is 0 Å². The molecule has 2 aromatic carbocycles. The molecule has 6 heteroatoms. The molecule has 1 aliphatic rings. The zero-order valence-electron chi connectivity index (χ0n) is 18.1. The van der Waals surface area contributed by atoms with Crippen LogP contribution in [0.2, 0.25) is 0 Å². The molecule has 0 bridgehead atoms. The first-order valence-electron chi connectivity index (χ1n) is 11.0. The summed E-state index contributed by atoms with van der Waals surface area (Å²) >= 11 is 0. The van der Waals surface area contributed by atoms with Crippen LogP contribution in [0, 0.1) is 5.92 Å². The summed E-state index contributed by atoms with van der Waals surface area (Å²) < 4.78 is 5.32. The Morgan fingerprint density at radius 3 is 2.72 bits per heavy atom. The van der Waals surface area contributed by atoms with Crippen molar-refractivity contribution in [3.05, 3.63) is 78.4 Å². The second-order valence-corrected chi connectivity index (χ2v) is 8.29. The molecule has 1 saturated carbocycles. The van der Waals surface area contributed by atoms with Crippen LogP contribution in [0.3, 0.4) is 0 Å². The number of H-pyrrole nitrogens is 1. The van der Waals surface area contributed by atoms with E-state index in [1.807, 2.05) is 53.6 Å². The third-order valence-electron chi connectivity index (χ3n) is 6.04. The molecule has 4 aromatic rings. The lowest BCUT2D eigenvalue weighted by atomic mass is 10.1. The second kappa shape index (κ2) is 8.83. The number of nitrogens with one attached hydrogen (secondary N) is 1. The lowest BCUT2D eigenvalue weighted by molar-refractivity contribution is 0.0744. The van der Waals surface area contributed by atoms with Gasteiger partial charge in [-0.05, 0) is 42.9 Å². The zero-order valence-corrected chi connectivity index (χ0v) is 18.1. The number of hydrogen-bond donors (Lipinski definition) is 1. The molecule has 2 aromatic heterocycles. The Morgan fingerprint density at radius 1 is 1.12 bits per heavy atom. The highest BCUT2D eigenvalue weighted by molar-refractivity contribution is 5.98. The van der Waals surface area contributed by atoms with Crippen LogP contribution in [0.4, 0.5) is 0 Å². The summed E-state index contributed by atoms with van der Waals surface area (Å²) in [5, 5.41) is 1.16. The lowest BCUT2D eigenvalue weighted by Crippen LogP contribution is -2.35. The lowest BCUT2D eigenvalue weighted by Gasteiger charge is -2.23. The highest BCUT2D eigenvalue weighted by Gasteiger charge is 2.29. The predicted molar refractivity (Wildman–Crippen MR) is 125 cm³/mol. The predicted octanol–water partition coefficient (Wildman–Crippen LogP) is 4.73. The molecule has 32 heavy (non-hydrogen) atoms. The Labute approximate surface area is 187 Å². The molecule has 1 amide bonds. The molecule has 0 aliphatic heterocycles. The molecule has 1 aliphatic carbocycles. The van der Waals surface area contributed by atoms with Crippen LogP contribution in [-0.2, 0) is 6.42 Å². The Kier molecular flexibility index (Phi) is 5.58. The number of aromatic nitrogens is 3. The molecule has 162 valence electrons. The summed E-state index contributed by atoms with van der Waals surface area (Å²) in [7, 11) is 1.67. The van der Waals surface area contributed by atoms with Crippen LogP contribution in [0.1, 0.15) is 28.9 Å². The van der Waals surface area contributed by atoms with Gasteiger partial charge in [-0.25, -0.2) is 4.98 Å². The maximum atomic E-state index is 13.6. The van der Waals surface area contributed by atoms with Crippen LogP contribution in [0.5, 0.6) is 5.75 Å². The van der Waals surface area contributed by atoms with Crippen molar-refractivity contribution in [2.24, 2.45) is 5.92 Å². The van der Waals surface area contributed by atoms with E-state index in [0.717, 1.165) is 35.2 Å². The average molecular weight is 427 g/mol. The fourth-order valence-electron chi connectivity index (χ4n) is 4.09. The van der Waals surface area contributed by atoms with Crippen LogP contribution in [0.15, 0.2) is 67.1 Å². The smallest absolute Gasteiger partial charge is 0.274 e. The molecule has 0 saturated heterocycles. The molecule has 0 unspecified atom stereocenters. The van der Waals surface area contributed by atoms with Gasteiger partial charge in [-0.15, -0.1) is 0 Å². The van der Waals surface area contributed by atoms with Gasteiger partial charge in [0, 0.05) is 54.2 Å². The number of benzene rings is 2. The molecular weight excluding hydrogens is 400 g/mol. The van der Waals surface area contributed by atoms with E-state index in [9.17, 15) is 4.79 Å². The minimum Gasteiger partial charge on any atom is -0.497 e. The van der Waals surface area contributed by atoms with E-state index in [-0.39, 0.29) is 5.91 Å². The van der Waals surface area contributed by atoms with Gasteiger partial charge in [0.15, 0.2) is 5.69 Å². The van der Waals surface area contributed by atoms with E-state index >= 15 is 0 Å². The first kappa shape index (κ1) is 20.2. The molecule has 5 rings (SSSR count). The number of amides is 1. The Morgan fingerprint density at radius 2 is 1.94 bits per heavy atom. The van der Waals surface area contributed by atoms with E-state index in [4.69, 9.17) is 4.74 Å². The number of hydrogen-bond acceptors (Lipinski definition) is 4. The van der Waals surface area contributed by atoms with Gasteiger partial charge >= 0.3 is 0 Å². The molecule has 1 N–H and O–H groups in total. The van der Waals surface area contributed by atoms with Gasteiger partial charge in [-0.3, -0.25) is 9.78 Å². The minimum absolute atomic E-state index is 0.0506. The number of rotatable bonds is 8. The van der Waals surface area contributed by atoms with Crippen molar-refractivity contribution in [1.82, 2.24) is 19.9 Å². The average Bonchev–Trinajstić information content (AvgIpc) is 3.59. The number of carbonyl (C=O) groups is 1. The van der Waals surface area contributed by atoms with Gasteiger partial charge < -0.3 is 14.6 Å². The van der Waals surface area contributed by atoms with Gasteiger partial charge in [0.05, 0.1) is 7.11 Å². The summed E-state index contributed by atoms with van der Waals surface area (Å²) in [4.78, 5) is 27.8. The SMILES string of the molecule is COc1ccc2c(CCN(CC3CC3)C(=O)c3nccnc3-c3ccccc3)c[nH]c2c1. The van der Waals surface area contributed by atoms with Crippen LogP contribution in [0.25, 0.3) is 22.2 Å². The monoisotopic (exact) mass is 426 g/mol. The fourth-order valence-corrected chi connectivity index (χ4v) is 4.09. The molecule has 0 spiro atoms. The van der Waals surface area contributed by atoms with Crippen molar-refractivity contribution in [3.8, 4) is 17.0 Å². The summed E-state index contributed by atoms with van der Waals surface area (Å²) in [6.07, 6.45) is 8.41. The first-order valence-corrected chi connectivity index (χ1v) is 11.0. The summed E-state index contributed by atoms with van der Waals surface area (Å²) in [6.45, 7) is 1.40. The van der Waals surface area contributed by atoms with Crippen molar-refractivity contribution >= 4 is 16.8 Å². The molecule has 0 atom stereocenters. The van der Waals surface area contributed by atoms with Crippen LogP contribution in [-0.4, -0.2) is 46.0 Å². The van der Waals surface area contributed by atoms with E-state index in [1.54, 1.807) is 19.5 Å². The van der Waals surface area contributed by atoms with Crippen molar-refractivity contribution in [2.75, 3.05) is 20.2 Å². The van der Waals surface area contributed by atoms with Crippen molar-refractivity contribution < 1.29 is 9.53 Å². The van der Waals surface area contributed by atoms with Crippen molar-refractivity contribution in [2.45, 2.75) is 19.3 Å². The normalized spacial score (nSPS) is 13.3. The van der Waals surface area contributed by atoms with Gasteiger partial charge in [0.1, 0.15) is 11.4 Å². The minimum atomic E-state index is -0.0506. The number of ether oxygens (including phenoxy) is 1. The molecule has 2 heterocycles. The van der Waals surface area contributed by atoms with Gasteiger partial charge in [-0.2, -0.15) is 0 Å². The quantitative estimate of drug-likeness (QED) is 0.442. The largest absolute Gasteiger partial charge is 0.497 e. The van der Waals surface area contributed by atoms with E-state index < -0.39 is 0 Å². The topological polar surface area (TPSA) is 71.1 Å². The summed E-state index contributed by atoms with van der Waals surface area (Å²) in [6, 6.07) is 15.8. The summed E-state index contributed by atoms with van der Waals surface area (Å²) in [5.74, 6) is 1.36. The Bertz CT molecular complexity index is 1230. The highest BCUT2D eigenvalue weighted by Crippen LogP contribution is 2.31. The standard InChI is InChI=1S/C26H26N4O2/c1-32-21-9-10-22-20(16-29-23(22)15-21)11-14-30(17-18-7-8-18)26(31)25-24(27-12-13-28-25)19-5-3-2-4-6-19/h2-6,9-10,12-13,15-16,18,29H,7-8,11,14,17H2,1H3. The number of fused-ring (bicyclic) bond motifs is 1. The maximum Gasteiger partial charge on any atom is 0.274 e. The van der Waals surface area contributed by atoms with E-state index in [1.165, 1.54) is 18.4 Å². The van der Waals surface area contributed by atoms with Gasteiger partial charge in [-0.1, -0.05) is 30.3 Å². The molecule has 0 radical (unpaired) electrons. The van der Waals surface area contributed by atoms with Crippen molar-refractivity contribution in [1.29, 1.82) is 0 Å². The molecule has 6 nitrogen and oxygen atoms in total. The van der Waals surface area contributed by atoms with E-state index in [2.05, 4.69) is 21.0 Å². The number of carbonyl (C=O) groups excluding carboxylic acids is 1. The second-order valence-electron chi connectivity index (χ2n) is 8.29. The van der Waals surface area contributed by atoms with Crippen LogP contribution < -0.4 is 4.74 Å². The summed E-state index contributed by atoms with van der Waals surface area (Å²) in [5.41, 5.74) is 4.19. The molecular formula is C26H26N4O2. The highest BCUT2D eigenvalue weighted by atomic mass is 16.5. The van der Waals surface area contributed by atoms with Gasteiger partial charge in [0.25, 0.3) is 5.91 Å². The first-order chi connectivity index (χ1) is 15.7. The Hall–Kier alpha value is -3.67. The number of methoxy groups -OCH3 is 1.